The van der Waals surface area contributed by atoms with Crippen LogP contribution in [0.25, 0.3) is 16.7 Å². The summed E-state index contributed by atoms with van der Waals surface area (Å²) >= 11 is 0. The lowest BCUT2D eigenvalue weighted by atomic mass is 10.2. The molecule has 0 amide bonds. The molecule has 0 saturated carbocycles. The van der Waals surface area contributed by atoms with Crippen LogP contribution in [-0.4, -0.2) is 19.7 Å². The lowest BCUT2D eigenvalue weighted by Crippen LogP contribution is -2.13. The Morgan fingerprint density at radius 2 is 1.86 bits per heavy atom. The molecule has 0 aliphatic rings. The van der Waals surface area contributed by atoms with Crippen molar-refractivity contribution in [2.75, 3.05) is 5.43 Å². The summed E-state index contributed by atoms with van der Waals surface area (Å²) in [6.45, 7) is 0. The monoisotopic (exact) mass is 294 g/mol. The molecule has 6 nitrogen and oxygen atoms in total. The van der Waals surface area contributed by atoms with Gasteiger partial charge in [0.15, 0.2) is 11.5 Å². The Balaban J connectivity index is 2.21. The summed E-state index contributed by atoms with van der Waals surface area (Å²) in [6, 6.07) is 7.77. The highest BCUT2D eigenvalue weighted by Gasteiger charge is 2.33. The molecule has 2 heterocycles. The van der Waals surface area contributed by atoms with Gasteiger partial charge in [0, 0.05) is 11.6 Å². The van der Waals surface area contributed by atoms with Crippen molar-refractivity contribution < 1.29 is 13.2 Å². The molecule has 0 atom stereocenters. The third-order valence-electron chi connectivity index (χ3n) is 2.81. The van der Waals surface area contributed by atoms with Gasteiger partial charge < -0.3 is 0 Å². The number of nitrogen functional groups attached to an aromatic ring is 1. The summed E-state index contributed by atoms with van der Waals surface area (Å²) in [4.78, 5) is 8.20. The number of hydrogen-bond donors (Lipinski definition) is 2. The van der Waals surface area contributed by atoms with E-state index < -0.39 is 11.9 Å². The van der Waals surface area contributed by atoms with E-state index in [1.807, 2.05) is 0 Å². The van der Waals surface area contributed by atoms with Crippen molar-refractivity contribution in [3.63, 3.8) is 0 Å². The highest BCUT2D eigenvalue weighted by molar-refractivity contribution is 5.86. The molecule has 0 spiro atoms. The number of aromatic nitrogens is 4. The summed E-state index contributed by atoms with van der Waals surface area (Å²) in [6.07, 6.45) is -3.32. The van der Waals surface area contributed by atoms with Crippen molar-refractivity contribution >= 4 is 16.9 Å². The predicted molar refractivity (Wildman–Crippen MR) is 69.5 cm³/mol. The molecule has 0 unspecified atom stereocenters. The fourth-order valence-corrected chi connectivity index (χ4v) is 1.89. The van der Waals surface area contributed by atoms with Gasteiger partial charge in [0.25, 0.3) is 0 Å². The molecular formula is C12H9F3N6. The molecule has 0 aliphatic carbocycles. The smallest absolute Gasteiger partial charge is 0.292 e. The number of hydrazine groups is 1. The van der Waals surface area contributed by atoms with E-state index in [9.17, 15) is 13.2 Å². The zero-order valence-corrected chi connectivity index (χ0v) is 10.5. The number of nitrogens with two attached hydrogens (primary N) is 1. The van der Waals surface area contributed by atoms with Crippen LogP contribution in [0.1, 0.15) is 5.69 Å². The second kappa shape index (κ2) is 4.70. The molecule has 1 aromatic carbocycles. The average Bonchev–Trinajstić information content (AvgIpc) is 2.95. The Hall–Kier alpha value is -2.68. The standard InChI is InChI=1S/C12H9F3N6/c13-12(14,15)9-5-6-21(20-9)10-7-3-1-2-4-8(7)17-11(18-10)19-16/h1-6H,16H2,(H,17,18,19). The Morgan fingerprint density at radius 1 is 1.10 bits per heavy atom. The summed E-state index contributed by atoms with van der Waals surface area (Å²) < 4.78 is 39.0. The summed E-state index contributed by atoms with van der Waals surface area (Å²) in [5.74, 6) is 5.58. The second-order valence-electron chi connectivity index (χ2n) is 4.18. The molecule has 21 heavy (non-hydrogen) atoms. The van der Waals surface area contributed by atoms with Crippen molar-refractivity contribution in [1.29, 1.82) is 0 Å². The first kappa shape index (κ1) is 13.3. The number of alkyl halides is 3. The molecule has 0 aliphatic heterocycles. The highest BCUT2D eigenvalue weighted by atomic mass is 19.4. The van der Waals surface area contributed by atoms with Crippen LogP contribution < -0.4 is 11.3 Å². The molecule has 0 radical (unpaired) electrons. The van der Waals surface area contributed by atoms with E-state index in [0.717, 1.165) is 10.7 Å². The van der Waals surface area contributed by atoms with Crippen LogP contribution in [0.15, 0.2) is 36.5 Å². The predicted octanol–water partition coefficient (Wildman–Crippen LogP) is 2.12. The number of hydrogen-bond acceptors (Lipinski definition) is 5. The Bertz CT molecular complexity index is 795. The van der Waals surface area contributed by atoms with E-state index in [4.69, 9.17) is 5.84 Å². The fourth-order valence-electron chi connectivity index (χ4n) is 1.89. The minimum absolute atomic E-state index is 0.0905. The van der Waals surface area contributed by atoms with Crippen LogP contribution in [0.4, 0.5) is 19.1 Å². The summed E-state index contributed by atoms with van der Waals surface area (Å²) in [5.41, 5.74) is 1.83. The molecule has 0 fully saturated rings. The van der Waals surface area contributed by atoms with E-state index in [2.05, 4.69) is 20.5 Å². The van der Waals surface area contributed by atoms with Gasteiger partial charge in [0.05, 0.1) is 5.52 Å². The maximum atomic E-state index is 12.6. The summed E-state index contributed by atoms with van der Waals surface area (Å²) in [5, 5.41) is 4.07. The molecule has 3 N–H and O–H groups in total. The van der Waals surface area contributed by atoms with Gasteiger partial charge in [-0.1, -0.05) is 12.1 Å². The third kappa shape index (κ3) is 2.38. The van der Waals surface area contributed by atoms with E-state index in [1.54, 1.807) is 24.3 Å². The van der Waals surface area contributed by atoms with Crippen LogP contribution in [0.3, 0.4) is 0 Å². The number of rotatable bonds is 2. The largest absolute Gasteiger partial charge is 0.435 e. The molecule has 3 aromatic rings. The SMILES string of the molecule is NNc1nc(-n2ccc(C(F)(F)F)n2)c2ccccc2n1. The first-order valence-corrected chi connectivity index (χ1v) is 5.85. The van der Waals surface area contributed by atoms with Gasteiger partial charge in [-0.2, -0.15) is 23.3 Å². The van der Waals surface area contributed by atoms with Gasteiger partial charge >= 0.3 is 6.18 Å². The van der Waals surface area contributed by atoms with E-state index >= 15 is 0 Å². The Morgan fingerprint density at radius 3 is 2.52 bits per heavy atom. The van der Waals surface area contributed by atoms with Gasteiger partial charge in [-0.25, -0.2) is 15.5 Å². The maximum Gasteiger partial charge on any atom is 0.435 e. The van der Waals surface area contributed by atoms with Gasteiger partial charge in [-0.3, -0.25) is 5.43 Å². The first-order valence-electron chi connectivity index (χ1n) is 5.85. The van der Waals surface area contributed by atoms with Gasteiger partial charge in [0.2, 0.25) is 5.95 Å². The van der Waals surface area contributed by atoms with Crippen LogP contribution >= 0.6 is 0 Å². The van der Waals surface area contributed by atoms with Crippen molar-refractivity contribution in [1.82, 2.24) is 19.7 Å². The minimum Gasteiger partial charge on any atom is -0.292 e. The number of anilines is 1. The first-order chi connectivity index (χ1) is 9.99. The van der Waals surface area contributed by atoms with Gasteiger partial charge in [-0.05, 0) is 18.2 Å². The molecule has 108 valence electrons. The number of nitrogens with zero attached hydrogens (tertiary/aromatic N) is 4. The number of para-hydroxylation sites is 1. The van der Waals surface area contributed by atoms with Crippen molar-refractivity contribution in [2.45, 2.75) is 6.18 Å². The number of benzene rings is 1. The van der Waals surface area contributed by atoms with Gasteiger partial charge in [-0.15, -0.1) is 0 Å². The Kier molecular flexibility index (Phi) is 2.98. The van der Waals surface area contributed by atoms with Crippen LogP contribution in [0, 0.1) is 0 Å². The average molecular weight is 294 g/mol. The van der Waals surface area contributed by atoms with E-state index in [0.29, 0.717) is 10.9 Å². The van der Waals surface area contributed by atoms with Crippen LogP contribution in [0.2, 0.25) is 0 Å². The summed E-state index contributed by atoms with van der Waals surface area (Å²) in [7, 11) is 0. The quantitative estimate of drug-likeness (QED) is 0.559. The molecule has 3 rings (SSSR count). The second-order valence-corrected chi connectivity index (χ2v) is 4.18. The molecule has 2 aromatic heterocycles. The van der Waals surface area contributed by atoms with Crippen molar-refractivity contribution in [2.24, 2.45) is 5.84 Å². The van der Waals surface area contributed by atoms with E-state index in [1.165, 1.54) is 6.20 Å². The Labute approximate surface area is 116 Å². The number of nitrogens with one attached hydrogen (secondary N) is 1. The molecule has 9 heteroatoms. The fraction of sp³-hybridized carbons (Fsp3) is 0.0833. The molecular weight excluding hydrogens is 285 g/mol. The highest BCUT2D eigenvalue weighted by Crippen LogP contribution is 2.28. The van der Waals surface area contributed by atoms with Gasteiger partial charge in [0.1, 0.15) is 0 Å². The third-order valence-corrected chi connectivity index (χ3v) is 2.81. The minimum atomic E-state index is -4.51. The van der Waals surface area contributed by atoms with Crippen molar-refractivity contribution in [3.8, 4) is 5.82 Å². The lowest BCUT2D eigenvalue weighted by Gasteiger charge is -2.08. The maximum absolute atomic E-state index is 12.6. The zero-order valence-electron chi connectivity index (χ0n) is 10.5. The molecule has 0 saturated heterocycles. The zero-order chi connectivity index (χ0) is 15.0. The van der Waals surface area contributed by atoms with Crippen LogP contribution in [-0.2, 0) is 6.18 Å². The van der Waals surface area contributed by atoms with E-state index in [-0.39, 0.29) is 11.8 Å². The van der Waals surface area contributed by atoms with Crippen molar-refractivity contribution in [3.05, 3.63) is 42.2 Å². The number of halogens is 3. The van der Waals surface area contributed by atoms with Crippen LogP contribution in [0.5, 0.6) is 0 Å². The topological polar surface area (TPSA) is 81.6 Å². The normalized spacial score (nSPS) is 11.8. The molecule has 0 bridgehead atoms. The number of fused-ring (bicyclic) bond motifs is 1. The lowest BCUT2D eigenvalue weighted by molar-refractivity contribution is -0.141.